The first-order valence-corrected chi connectivity index (χ1v) is 6.36. The van der Waals surface area contributed by atoms with Gasteiger partial charge in [-0.05, 0) is 6.07 Å². The van der Waals surface area contributed by atoms with Gasteiger partial charge in [0, 0.05) is 45.1 Å². The van der Waals surface area contributed by atoms with Gasteiger partial charge in [0.05, 0.1) is 6.54 Å². The lowest BCUT2D eigenvalue weighted by Crippen LogP contribution is -2.49. The highest BCUT2D eigenvalue weighted by Gasteiger charge is 2.19. The molecule has 1 amide bonds. The number of piperazine rings is 1. The first-order valence-electron chi connectivity index (χ1n) is 5.83. The predicted molar refractivity (Wildman–Crippen MR) is 66.0 cm³/mol. The van der Waals surface area contributed by atoms with Crippen LogP contribution in [0.2, 0.25) is 0 Å². The molecule has 0 radical (unpaired) electrons. The van der Waals surface area contributed by atoms with Crippen LogP contribution in [0.1, 0.15) is 0 Å². The summed E-state index contributed by atoms with van der Waals surface area (Å²) in [6.45, 7) is 5.28. The fourth-order valence-corrected chi connectivity index (χ4v) is 2.15. The minimum atomic E-state index is 0.0402. The third kappa shape index (κ3) is 3.44. The van der Waals surface area contributed by atoms with E-state index in [1.54, 1.807) is 6.20 Å². The fourth-order valence-electron chi connectivity index (χ4n) is 1.98. The van der Waals surface area contributed by atoms with Crippen LogP contribution in [0.15, 0.2) is 18.5 Å². The van der Waals surface area contributed by atoms with Gasteiger partial charge >= 0.3 is 0 Å². The Bertz CT molecular complexity index is 346. The molecule has 0 atom stereocenters. The van der Waals surface area contributed by atoms with E-state index in [4.69, 9.17) is 11.6 Å². The summed E-state index contributed by atoms with van der Waals surface area (Å²) in [7, 11) is 0. The summed E-state index contributed by atoms with van der Waals surface area (Å²) in [5.74, 6) is 0.131. The summed E-state index contributed by atoms with van der Waals surface area (Å²) in [5.41, 5.74) is 0. The monoisotopic (exact) mass is 256 g/mol. The minimum absolute atomic E-state index is 0.0402. The van der Waals surface area contributed by atoms with Gasteiger partial charge in [0.25, 0.3) is 0 Å². The van der Waals surface area contributed by atoms with Crippen LogP contribution in [0.25, 0.3) is 0 Å². The van der Waals surface area contributed by atoms with Gasteiger partial charge in [0.2, 0.25) is 5.91 Å². The van der Waals surface area contributed by atoms with Crippen LogP contribution in [-0.4, -0.2) is 64.1 Å². The smallest absolute Gasteiger partial charge is 0.237 e. The van der Waals surface area contributed by atoms with Gasteiger partial charge in [-0.2, -0.15) is 5.10 Å². The SMILES string of the molecule is O=C(CCl)N1CCN(CCn2cccn2)CC1. The van der Waals surface area contributed by atoms with Crippen molar-refractivity contribution in [1.82, 2.24) is 19.6 Å². The number of amides is 1. The molecule has 0 spiro atoms. The fraction of sp³-hybridized carbons (Fsp3) is 0.636. The molecule has 1 aromatic heterocycles. The first kappa shape index (κ1) is 12.4. The van der Waals surface area contributed by atoms with E-state index in [1.165, 1.54) is 0 Å². The van der Waals surface area contributed by atoms with E-state index in [2.05, 4.69) is 10.00 Å². The molecule has 0 N–H and O–H groups in total. The topological polar surface area (TPSA) is 41.4 Å². The zero-order valence-electron chi connectivity index (χ0n) is 9.76. The van der Waals surface area contributed by atoms with Gasteiger partial charge in [-0.1, -0.05) is 0 Å². The second-order valence-corrected chi connectivity index (χ2v) is 4.39. The van der Waals surface area contributed by atoms with E-state index in [9.17, 15) is 4.79 Å². The molecular formula is C11H17ClN4O. The Morgan fingerprint density at radius 1 is 1.24 bits per heavy atom. The minimum Gasteiger partial charge on any atom is -0.339 e. The molecule has 1 aliphatic rings. The van der Waals surface area contributed by atoms with E-state index in [1.807, 2.05) is 21.8 Å². The maximum Gasteiger partial charge on any atom is 0.237 e. The Morgan fingerprint density at radius 2 is 2.00 bits per heavy atom. The van der Waals surface area contributed by atoms with Crippen LogP contribution in [0.5, 0.6) is 0 Å². The Hall–Kier alpha value is -1.07. The van der Waals surface area contributed by atoms with Gasteiger partial charge in [0.1, 0.15) is 5.88 Å². The Morgan fingerprint density at radius 3 is 2.59 bits per heavy atom. The molecule has 1 fully saturated rings. The van der Waals surface area contributed by atoms with Crippen LogP contribution in [0, 0.1) is 0 Å². The number of aromatic nitrogens is 2. The lowest BCUT2D eigenvalue weighted by Gasteiger charge is -2.34. The van der Waals surface area contributed by atoms with Crippen LogP contribution < -0.4 is 0 Å². The summed E-state index contributed by atoms with van der Waals surface area (Å²) in [5, 5.41) is 4.17. The van der Waals surface area contributed by atoms with Crippen LogP contribution in [0.4, 0.5) is 0 Å². The third-order valence-corrected chi connectivity index (χ3v) is 3.27. The number of carbonyl (C=O) groups excluding carboxylic acids is 1. The summed E-state index contributed by atoms with van der Waals surface area (Å²) in [6, 6.07) is 1.93. The average Bonchev–Trinajstić information content (AvgIpc) is 2.89. The van der Waals surface area contributed by atoms with Crippen molar-refractivity contribution in [1.29, 1.82) is 0 Å². The number of carbonyl (C=O) groups is 1. The molecule has 1 saturated heterocycles. The third-order valence-electron chi connectivity index (χ3n) is 3.04. The number of halogens is 1. The highest BCUT2D eigenvalue weighted by Crippen LogP contribution is 2.03. The molecule has 2 rings (SSSR count). The van der Waals surface area contributed by atoms with Crippen molar-refractivity contribution in [3.8, 4) is 0 Å². The first-order chi connectivity index (χ1) is 8.29. The standard InChI is InChI=1S/C11H17ClN4O/c12-10-11(17)15-7-4-14(5-8-15)6-9-16-3-1-2-13-16/h1-3H,4-10H2. The van der Waals surface area contributed by atoms with Crippen molar-refractivity contribution >= 4 is 17.5 Å². The maximum atomic E-state index is 11.4. The number of hydrogen-bond donors (Lipinski definition) is 0. The normalized spacial score (nSPS) is 17.4. The quantitative estimate of drug-likeness (QED) is 0.726. The summed E-state index contributed by atoms with van der Waals surface area (Å²) >= 11 is 5.53. The van der Waals surface area contributed by atoms with Gasteiger partial charge in [-0.15, -0.1) is 11.6 Å². The highest BCUT2D eigenvalue weighted by molar-refractivity contribution is 6.27. The molecule has 1 aliphatic heterocycles. The average molecular weight is 257 g/mol. The van der Waals surface area contributed by atoms with E-state index in [0.717, 1.165) is 39.3 Å². The van der Waals surface area contributed by atoms with Crippen molar-refractivity contribution in [2.75, 3.05) is 38.6 Å². The molecule has 0 bridgehead atoms. The van der Waals surface area contributed by atoms with Gasteiger partial charge < -0.3 is 4.90 Å². The number of rotatable bonds is 4. The Kier molecular flexibility index (Phi) is 4.39. The summed E-state index contributed by atoms with van der Waals surface area (Å²) in [4.78, 5) is 15.6. The second-order valence-electron chi connectivity index (χ2n) is 4.13. The van der Waals surface area contributed by atoms with Gasteiger partial charge in [-0.25, -0.2) is 0 Å². The van der Waals surface area contributed by atoms with Crippen molar-refractivity contribution < 1.29 is 4.79 Å². The van der Waals surface area contributed by atoms with E-state index < -0.39 is 0 Å². The largest absolute Gasteiger partial charge is 0.339 e. The van der Waals surface area contributed by atoms with E-state index in [-0.39, 0.29) is 11.8 Å². The van der Waals surface area contributed by atoms with E-state index in [0.29, 0.717) is 0 Å². The molecule has 0 saturated carbocycles. The predicted octanol–water partition coefficient (Wildman–Crippen LogP) is 0.266. The molecule has 0 aromatic carbocycles. The zero-order chi connectivity index (χ0) is 12.1. The second kappa shape index (κ2) is 6.02. The maximum absolute atomic E-state index is 11.4. The Balaban J connectivity index is 1.70. The lowest BCUT2D eigenvalue weighted by molar-refractivity contribution is -0.130. The molecular weight excluding hydrogens is 240 g/mol. The van der Waals surface area contributed by atoms with Gasteiger partial charge in [-0.3, -0.25) is 14.4 Å². The number of nitrogens with zero attached hydrogens (tertiary/aromatic N) is 4. The zero-order valence-corrected chi connectivity index (χ0v) is 10.5. The molecule has 0 aliphatic carbocycles. The summed E-state index contributed by atoms with van der Waals surface area (Å²) < 4.78 is 1.93. The molecule has 0 unspecified atom stereocenters. The van der Waals surface area contributed by atoms with Gasteiger partial charge in [0.15, 0.2) is 0 Å². The molecule has 94 valence electrons. The molecule has 6 heteroatoms. The van der Waals surface area contributed by atoms with Crippen molar-refractivity contribution in [2.24, 2.45) is 0 Å². The van der Waals surface area contributed by atoms with Crippen molar-refractivity contribution in [3.63, 3.8) is 0 Å². The molecule has 2 heterocycles. The molecule has 17 heavy (non-hydrogen) atoms. The highest BCUT2D eigenvalue weighted by atomic mass is 35.5. The van der Waals surface area contributed by atoms with Crippen molar-refractivity contribution in [3.05, 3.63) is 18.5 Å². The number of hydrogen-bond acceptors (Lipinski definition) is 3. The Labute approximate surface area is 106 Å². The van der Waals surface area contributed by atoms with Crippen LogP contribution in [0.3, 0.4) is 0 Å². The van der Waals surface area contributed by atoms with Crippen LogP contribution in [-0.2, 0) is 11.3 Å². The number of alkyl halides is 1. The lowest BCUT2D eigenvalue weighted by atomic mass is 10.3. The van der Waals surface area contributed by atoms with E-state index >= 15 is 0 Å². The molecule has 5 nitrogen and oxygen atoms in total. The van der Waals surface area contributed by atoms with Crippen molar-refractivity contribution in [2.45, 2.75) is 6.54 Å². The molecule has 1 aromatic rings. The summed E-state index contributed by atoms with van der Waals surface area (Å²) in [6.07, 6.45) is 3.75. The van der Waals surface area contributed by atoms with Crippen LogP contribution >= 0.6 is 11.6 Å².